The Hall–Kier alpha value is -3.37. The van der Waals surface area contributed by atoms with E-state index in [9.17, 15) is 19.0 Å². The van der Waals surface area contributed by atoms with Crippen LogP contribution < -0.4 is 5.73 Å². The second-order valence-electron chi connectivity index (χ2n) is 15.5. The molecule has 3 atom stereocenters. The number of rotatable bonds is 44. The maximum Gasteiger partial charge on any atom is 0.472 e. The number of carboxylic acids is 1. The summed E-state index contributed by atoms with van der Waals surface area (Å²) in [5.74, 6) is -1.81. The maximum absolute atomic E-state index is 12.7. The molecule has 0 radical (unpaired) electrons. The van der Waals surface area contributed by atoms with Crippen LogP contribution in [-0.4, -0.2) is 60.5 Å². The van der Waals surface area contributed by atoms with Gasteiger partial charge in [-0.25, -0.2) is 4.57 Å². The van der Waals surface area contributed by atoms with Gasteiger partial charge in [0.05, 0.1) is 19.8 Å². The lowest BCUT2D eigenvalue weighted by Crippen LogP contribution is -2.34. The molecule has 0 heterocycles. The molecule has 0 rings (SSSR count). The molecule has 0 aromatic carbocycles. The summed E-state index contributed by atoms with van der Waals surface area (Å²) in [5.41, 5.74) is 5.37. The number of carboxylic acid groups (broad SMARTS) is 1. The van der Waals surface area contributed by atoms with E-state index in [-0.39, 0.29) is 13.0 Å². The zero-order chi connectivity index (χ0) is 46.2. The third kappa shape index (κ3) is 46.4. The van der Waals surface area contributed by atoms with Gasteiger partial charge in [0.2, 0.25) is 0 Å². The van der Waals surface area contributed by atoms with Gasteiger partial charge in [-0.3, -0.25) is 18.6 Å². The average Bonchev–Trinajstić information content (AvgIpc) is 3.26. The van der Waals surface area contributed by atoms with Crippen LogP contribution in [0.25, 0.3) is 0 Å². The molecule has 11 heteroatoms. The minimum atomic E-state index is -4.64. The summed E-state index contributed by atoms with van der Waals surface area (Å²) in [6.07, 6.45) is 62.8. The lowest BCUT2D eigenvalue weighted by Gasteiger charge is -2.20. The second kappa shape index (κ2) is 46.6. The average molecular weight is 900 g/mol. The van der Waals surface area contributed by atoms with Gasteiger partial charge in [-0.05, 0) is 96.3 Å². The standard InChI is InChI=1S/C52H86NO9P/c1-3-5-7-9-11-13-15-17-19-21-23-24-25-27-29-31-33-35-37-39-41-43-45-59-46-49(47-60-63(57,58)61-48-50(53)52(55)56)62-51(54)44-42-40-38-36-34-32-30-28-26-22-20-18-16-14-12-10-8-6-4-2/h5-8,11-14,17-20,23-24,26-29,49-50H,3-4,9-10,15-16,21-22,25,30-48,53H2,1-2H3,(H,55,56)(H,57,58)/b7-5-,8-6-,13-11-,14-12-,19-17-,20-18-,24-23-,28-26-,29-27-. The number of nitrogens with two attached hydrogens (primary N) is 1. The Morgan fingerprint density at radius 2 is 0.873 bits per heavy atom. The Kier molecular flexibility index (Phi) is 44.1. The first-order valence-corrected chi connectivity index (χ1v) is 25.4. The molecule has 4 N–H and O–H groups in total. The molecular formula is C52H86NO9P. The van der Waals surface area contributed by atoms with Crippen molar-refractivity contribution < 1.29 is 42.7 Å². The fourth-order valence-corrected chi connectivity index (χ4v) is 6.69. The summed E-state index contributed by atoms with van der Waals surface area (Å²) in [6, 6.07) is -1.49. The number of unbranched alkanes of at least 4 members (excludes halogenated alkanes) is 12. The molecule has 10 nitrogen and oxygen atoms in total. The first kappa shape index (κ1) is 59.6. The number of aliphatic carboxylic acids is 1. The zero-order valence-electron chi connectivity index (χ0n) is 39.1. The number of ether oxygens (including phenoxy) is 2. The number of carbonyl (C=O) groups is 2. The highest BCUT2D eigenvalue weighted by Crippen LogP contribution is 2.43. The molecule has 0 aliphatic rings. The molecule has 0 fully saturated rings. The van der Waals surface area contributed by atoms with E-state index in [2.05, 4.69) is 123 Å². The molecule has 0 spiro atoms. The van der Waals surface area contributed by atoms with Crippen LogP contribution in [0.1, 0.15) is 168 Å². The van der Waals surface area contributed by atoms with Crippen molar-refractivity contribution >= 4 is 19.8 Å². The van der Waals surface area contributed by atoms with Gasteiger partial charge in [0, 0.05) is 13.0 Å². The Morgan fingerprint density at radius 3 is 1.30 bits per heavy atom. The van der Waals surface area contributed by atoms with Gasteiger partial charge >= 0.3 is 19.8 Å². The van der Waals surface area contributed by atoms with Crippen LogP contribution in [0.3, 0.4) is 0 Å². The highest BCUT2D eigenvalue weighted by atomic mass is 31.2. The molecule has 0 bridgehead atoms. The lowest BCUT2D eigenvalue weighted by molar-refractivity contribution is -0.154. The van der Waals surface area contributed by atoms with Crippen LogP contribution in [0.5, 0.6) is 0 Å². The third-order valence-corrected chi connectivity index (χ3v) is 10.5. The summed E-state index contributed by atoms with van der Waals surface area (Å²) in [4.78, 5) is 33.7. The van der Waals surface area contributed by atoms with E-state index in [0.717, 1.165) is 128 Å². The fraction of sp³-hybridized carbons (Fsp3) is 0.615. The molecule has 0 saturated carbocycles. The number of carbonyl (C=O) groups excluding carboxylic acids is 1. The minimum absolute atomic E-state index is 0.00704. The third-order valence-electron chi connectivity index (χ3n) is 9.55. The van der Waals surface area contributed by atoms with Crippen molar-refractivity contribution in [3.05, 3.63) is 109 Å². The van der Waals surface area contributed by atoms with Crippen molar-refractivity contribution in [1.82, 2.24) is 0 Å². The molecule has 0 amide bonds. The number of esters is 1. The van der Waals surface area contributed by atoms with Crippen LogP contribution >= 0.6 is 7.82 Å². The van der Waals surface area contributed by atoms with Crippen molar-refractivity contribution in [2.24, 2.45) is 5.73 Å². The number of allylic oxidation sites excluding steroid dienone is 18. The monoisotopic (exact) mass is 900 g/mol. The van der Waals surface area contributed by atoms with E-state index in [1.807, 2.05) is 0 Å². The van der Waals surface area contributed by atoms with E-state index >= 15 is 0 Å². The summed E-state index contributed by atoms with van der Waals surface area (Å²) >= 11 is 0. The van der Waals surface area contributed by atoms with Gasteiger partial charge < -0.3 is 25.2 Å². The Bertz CT molecular complexity index is 1410. The van der Waals surface area contributed by atoms with Crippen LogP contribution in [0.4, 0.5) is 0 Å². The summed E-state index contributed by atoms with van der Waals surface area (Å²) in [7, 11) is -4.64. The molecule has 0 aromatic rings. The summed E-state index contributed by atoms with van der Waals surface area (Å²) in [5, 5.41) is 8.92. The SMILES string of the molecule is CC/C=C\C/C=C\C/C=C\C/C=C\C/C=C\CCCCCCCCOCC(COP(=O)(O)OCC(N)C(=O)O)OC(=O)CCCCCCCC/C=C\C/C=C\C/C=C\C/C=C\CC. The molecule has 0 aliphatic carbocycles. The molecule has 358 valence electrons. The first-order valence-electron chi connectivity index (χ1n) is 23.9. The zero-order valence-corrected chi connectivity index (χ0v) is 40.0. The topological polar surface area (TPSA) is 155 Å². The quantitative estimate of drug-likeness (QED) is 0.0233. The predicted octanol–water partition coefficient (Wildman–Crippen LogP) is 13.9. The first-order chi connectivity index (χ1) is 30.7. The Balaban J connectivity index is 4.28. The molecule has 0 aliphatic heterocycles. The molecule has 3 unspecified atom stereocenters. The highest BCUT2D eigenvalue weighted by Gasteiger charge is 2.27. The normalized spacial score (nSPS) is 14.7. The van der Waals surface area contributed by atoms with E-state index < -0.39 is 45.1 Å². The minimum Gasteiger partial charge on any atom is -0.480 e. The Labute approximate surface area is 382 Å². The highest BCUT2D eigenvalue weighted by molar-refractivity contribution is 7.47. The number of hydrogen-bond acceptors (Lipinski definition) is 8. The van der Waals surface area contributed by atoms with Crippen molar-refractivity contribution in [3.63, 3.8) is 0 Å². The van der Waals surface area contributed by atoms with Gasteiger partial charge in [0.1, 0.15) is 12.1 Å². The molecule has 0 saturated heterocycles. The number of hydrogen-bond donors (Lipinski definition) is 3. The van der Waals surface area contributed by atoms with Gasteiger partial charge in [0.25, 0.3) is 0 Å². The van der Waals surface area contributed by atoms with Crippen LogP contribution in [0, 0.1) is 0 Å². The summed E-state index contributed by atoms with van der Waals surface area (Å²) in [6.45, 7) is 3.58. The van der Waals surface area contributed by atoms with Gasteiger partial charge in [-0.2, -0.15) is 0 Å². The largest absolute Gasteiger partial charge is 0.480 e. The van der Waals surface area contributed by atoms with E-state index in [4.69, 9.17) is 29.4 Å². The van der Waals surface area contributed by atoms with Gasteiger partial charge in [-0.15, -0.1) is 0 Å². The molecule has 0 aromatic heterocycles. The molecule has 63 heavy (non-hydrogen) atoms. The van der Waals surface area contributed by atoms with Crippen molar-refractivity contribution in [2.45, 2.75) is 180 Å². The van der Waals surface area contributed by atoms with Crippen LogP contribution in [-0.2, 0) is 32.7 Å². The predicted molar refractivity (Wildman–Crippen MR) is 262 cm³/mol. The van der Waals surface area contributed by atoms with Gasteiger partial charge in [0.15, 0.2) is 0 Å². The smallest absolute Gasteiger partial charge is 0.472 e. The lowest BCUT2D eigenvalue weighted by atomic mass is 10.1. The van der Waals surface area contributed by atoms with Crippen molar-refractivity contribution in [2.75, 3.05) is 26.4 Å². The second-order valence-corrected chi connectivity index (χ2v) is 16.9. The van der Waals surface area contributed by atoms with E-state index in [0.29, 0.717) is 13.0 Å². The van der Waals surface area contributed by atoms with Crippen molar-refractivity contribution in [1.29, 1.82) is 0 Å². The fourth-order valence-electron chi connectivity index (χ4n) is 5.91. The number of phosphoric acid groups is 1. The van der Waals surface area contributed by atoms with Gasteiger partial charge in [-0.1, -0.05) is 175 Å². The van der Waals surface area contributed by atoms with E-state index in [1.165, 1.54) is 12.8 Å². The van der Waals surface area contributed by atoms with Crippen LogP contribution in [0.2, 0.25) is 0 Å². The Morgan fingerprint density at radius 1 is 0.508 bits per heavy atom. The van der Waals surface area contributed by atoms with Crippen LogP contribution in [0.15, 0.2) is 109 Å². The number of phosphoric ester groups is 1. The maximum atomic E-state index is 12.7. The summed E-state index contributed by atoms with van der Waals surface area (Å²) < 4.78 is 33.4. The van der Waals surface area contributed by atoms with E-state index in [1.54, 1.807) is 0 Å². The van der Waals surface area contributed by atoms with Crippen molar-refractivity contribution in [3.8, 4) is 0 Å². The molecular weight excluding hydrogens is 814 g/mol.